The second kappa shape index (κ2) is 14.5. The molecule has 0 aliphatic carbocycles. The summed E-state index contributed by atoms with van der Waals surface area (Å²) in [5.41, 5.74) is 4.55. The van der Waals surface area contributed by atoms with Gasteiger partial charge in [0.1, 0.15) is 0 Å². The number of allylic oxidation sites excluding steroid dienone is 8. The van der Waals surface area contributed by atoms with Crippen LogP contribution in [0.15, 0.2) is 58.7 Å². The highest BCUT2D eigenvalue weighted by molar-refractivity contribution is 5.83. The maximum Gasteiger partial charge on any atom is 0.330 e. The minimum Gasteiger partial charge on any atom is -0.463 e. The van der Waals surface area contributed by atoms with E-state index in [1.807, 2.05) is 25.2 Å². The van der Waals surface area contributed by atoms with E-state index in [1.54, 1.807) is 6.92 Å². The molecule has 25 heavy (non-hydrogen) atoms. The van der Waals surface area contributed by atoms with E-state index in [-0.39, 0.29) is 12.6 Å². The third-order valence-electron chi connectivity index (χ3n) is 3.58. The average Bonchev–Trinajstić information content (AvgIpc) is 2.53. The van der Waals surface area contributed by atoms with Crippen LogP contribution < -0.4 is 0 Å². The van der Waals surface area contributed by atoms with Crippen LogP contribution in [0.3, 0.4) is 0 Å². The Morgan fingerprint density at radius 2 is 1.72 bits per heavy atom. The van der Waals surface area contributed by atoms with Crippen molar-refractivity contribution in [1.82, 2.24) is 0 Å². The third-order valence-corrected chi connectivity index (χ3v) is 3.58. The molecule has 1 N–H and O–H groups in total. The minimum atomic E-state index is -0.329. The van der Waals surface area contributed by atoms with Crippen LogP contribution in [0.25, 0.3) is 0 Å². The third kappa shape index (κ3) is 14.2. The molecule has 0 saturated heterocycles. The molecule has 0 aliphatic heterocycles. The first kappa shape index (κ1) is 23.1. The van der Waals surface area contributed by atoms with Crippen molar-refractivity contribution in [2.24, 2.45) is 0 Å². The van der Waals surface area contributed by atoms with Crippen LogP contribution in [0.1, 0.15) is 60.3 Å². The Hall–Kier alpha value is -1.87. The number of ether oxygens (including phenoxy) is 1. The monoisotopic (exact) mass is 346 g/mol. The first-order valence-electron chi connectivity index (χ1n) is 9.00. The lowest BCUT2D eigenvalue weighted by atomic mass is 10.1. The maximum atomic E-state index is 11.3. The molecule has 0 aromatic heterocycles. The van der Waals surface area contributed by atoms with Gasteiger partial charge in [0.25, 0.3) is 0 Å². The van der Waals surface area contributed by atoms with E-state index < -0.39 is 0 Å². The zero-order valence-electron chi connectivity index (χ0n) is 16.5. The molecule has 0 radical (unpaired) electrons. The average molecular weight is 347 g/mol. The zero-order chi connectivity index (χ0) is 19.1. The summed E-state index contributed by atoms with van der Waals surface area (Å²) in [5.74, 6) is -0.329. The normalized spacial score (nSPS) is 13.3. The molecule has 3 nitrogen and oxygen atoms in total. The molecule has 3 heteroatoms. The van der Waals surface area contributed by atoms with Gasteiger partial charge in [-0.15, -0.1) is 0 Å². The van der Waals surface area contributed by atoms with Crippen LogP contribution in [0.5, 0.6) is 0 Å². The van der Waals surface area contributed by atoms with Crippen LogP contribution in [-0.4, -0.2) is 24.3 Å². The summed E-state index contributed by atoms with van der Waals surface area (Å²) in [6, 6.07) is 0. The van der Waals surface area contributed by atoms with Crippen LogP contribution >= 0.6 is 0 Å². The Kier molecular flexibility index (Phi) is 13.4. The number of hydrogen-bond acceptors (Lipinski definition) is 3. The quantitative estimate of drug-likeness (QED) is 0.234. The van der Waals surface area contributed by atoms with E-state index in [0.29, 0.717) is 6.61 Å². The predicted octanol–water partition coefficient (Wildman–Crippen LogP) is 5.44. The van der Waals surface area contributed by atoms with Gasteiger partial charge in [-0.1, -0.05) is 41.5 Å². The van der Waals surface area contributed by atoms with Gasteiger partial charge in [-0.25, -0.2) is 4.79 Å². The lowest BCUT2D eigenvalue weighted by Crippen LogP contribution is -1.99. The summed E-state index contributed by atoms with van der Waals surface area (Å²) >= 11 is 0. The zero-order valence-corrected chi connectivity index (χ0v) is 16.5. The highest BCUT2D eigenvalue weighted by atomic mass is 16.5. The molecule has 140 valence electrons. The standard InChI is InChI=1S/C22H34O3/c1-6-25-22(24)16-20(5)13-9-15-21(17-23)14-8-12-19(4)11-7-10-18(2)3/h9-10,12-13,15-16,23H,6-8,11,14,17H2,1-5H3/b13-9+,19-12+,20-16+,21-15-. The van der Waals surface area contributed by atoms with Gasteiger partial charge in [0, 0.05) is 6.08 Å². The largest absolute Gasteiger partial charge is 0.463 e. The van der Waals surface area contributed by atoms with Crippen molar-refractivity contribution in [3.8, 4) is 0 Å². The topological polar surface area (TPSA) is 46.5 Å². The molecule has 0 heterocycles. The van der Waals surface area contributed by atoms with Gasteiger partial charge >= 0.3 is 5.97 Å². The fourth-order valence-electron chi connectivity index (χ4n) is 2.16. The molecule has 0 amide bonds. The first-order valence-corrected chi connectivity index (χ1v) is 9.00. The van der Waals surface area contributed by atoms with E-state index in [4.69, 9.17) is 4.74 Å². The molecule has 0 bridgehead atoms. The molecule has 0 aromatic rings. The Morgan fingerprint density at radius 1 is 1.04 bits per heavy atom. The number of carbonyl (C=O) groups is 1. The SMILES string of the molecule is CCOC(=O)/C=C(C)/C=C/C=C(\CO)CC/C=C(\C)CCC=C(C)C. The summed E-state index contributed by atoms with van der Waals surface area (Å²) in [7, 11) is 0. The van der Waals surface area contributed by atoms with Gasteiger partial charge in [0.05, 0.1) is 13.2 Å². The van der Waals surface area contributed by atoms with E-state index in [0.717, 1.165) is 36.8 Å². The fourth-order valence-corrected chi connectivity index (χ4v) is 2.16. The van der Waals surface area contributed by atoms with Gasteiger partial charge in [-0.3, -0.25) is 0 Å². The van der Waals surface area contributed by atoms with Gasteiger partial charge in [0.15, 0.2) is 0 Å². The lowest BCUT2D eigenvalue weighted by Gasteiger charge is -2.02. The Labute approximate surface area is 153 Å². The molecular formula is C22H34O3. The fraction of sp³-hybridized carbons (Fsp3) is 0.500. The van der Waals surface area contributed by atoms with Crippen molar-refractivity contribution < 1.29 is 14.6 Å². The van der Waals surface area contributed by atoms with E-state index in [9.17, 15) is 9.90 Å². The number of hydrogen-bond donors (Lipinski definition) is 1. The molecule has 0 spiro atoms. The van der Waals surface area contributed by atoms with E-state index in [1.165, 1.54) is 17.2 Å². The highest BCUT2D eigenvalue weighted by Gasteiger charge is 1.96. The maximum absolute atomic E-state index is 11.3. The van der Waals surface area contributed by atoms with Crippen molar-refractivity contribution in [2.75, 3.05) is 13.2 Å². The van der Waals surface area contributed by atoms with Crippen LogP contribution in [0, 0.1) is 0 Å². The predicted molar refractivity (Wildman–Crippen MR) is 106 cm³/mol. The number of aliphatic hydroxyl groups is 1. The van der Waals surface area contributed by atoms with E-state index >= 15 is 0 Å². The lowest BCUT2D eigenvalue weighted by molar-refractivity contribution is -0.137. The minimum absolute atomic E-state index is 0.0512. The summed E-state index contributed by atoms with van der Waals surface area (Å²) < 4.78 is 4.86. The second-order valence-corrected chi connectivity index (χ2v) is 6.39. The molecule has 0 aromatic carbocycles. The van der Waals surface area contributed by atoms with Crippen LogP contribution in [-0.2, 0) is 9.53 Å². The number of rotatable bonds is 11. The van der Waals surface area contributed by atoms with Gasteiger partial charge in [-0.05, 0) is 71.4 Å². The Morgan fingerprint density at radius 3 is 2.32 bits per heavy atom. The molecule has 0 aliphatic rings. The second-order valence-electron chi connectivity index (χ2n) is 6.39. The number of carbonyl (C=O) groups excluding carboxylic acids is 1. The van der Waals surface area contributed by atoms with Gasteiger partial charge in [0.2, 0.25) is 0 Å². The summed E-state index contributed by atoms with van der Waals surface area (Å²) in [6.07, 6.45) is 15.5. The van der Waals surface area contributed by atoms with Crippen molar-refractivity contribution in [2.45, 2.75) is 60.3 Å². The Balaban J connectivity index is 4.44. The molecule has 0 fully saturated rings. The van der Waals surface area contributed by atoms with Crippen molar-refractivity contribution in [1.29, 1.82) is 0 Å². The number of aliphatic hydroxyl groups excluding tert-OH is 1. The van der Waals surface area contributed by atoms with Crippen molar-refractivity contribution in [3.63, 3.8) is 0 Å². The van der Waals surface area contributed by atoms with E-state index in [2.05, 4.69) is 32.9 Å². The van der Waals surface area contributed by atoms with Crippen LogP contribution in [0.4, 0.5) is 0 Å². The Bertz CT molecular complexity index is 542. The molecule has 0 unspecified atom stereocenters. The summed E-state index contributed by atoms with van der Waals surface area (Å²) in [6.45, 7) is 10.5. The van der Waals surface area contributed by atoms with Crippen molar-refractivity contribution >= 4 is 5.97 Å². The molecule has 0 saturated carbocycles. The molecule has 0 rings (SSSR count). The first-order chi connectivity index (χ1) is 11.9. The van der Waals surface area contributed by atoms with Crippen LogP contribution in [0.2, 0.25) is 0 Å². The number of esters is 1. The van der Waals surface area contributed by atoms with Gasteiger partial charge < -0.3 is 9.84 Å². The summed E-state index contributed by atoms with van der Waals surface area (Å²) in [4.78, 5) is 11.3. The van der Waals surface area contributed by atoms with Gasteiger partial charge in [-0.2, -0.15) is 0 Å². The molecular weight excluding hydrogens is 312 g/mol. The van der Waals surface area contributed by atoms with Crippen molar-refractivity contribution in [3.05, 3.63) is 58.7 Å². The smallest absolute Gasteiger partial charge is 0.330 e. The summed E-state index contributed by atoms with van der Waals surface area (Å²) in [5, 5.41) is 9.46. The highest BCUT2D eigenvalue weighted by Crippen LogP contribution is 2.11. The molecule has 0 atom stereocenters.